The van der Waals surface area contributed by atoms with Crippen LogP contribution in [0.1, 0.15) is 37.0 Å². The van der Waals surface area contributed by atoms with Gasteiger partial charge in [0.25, 0.3) is 5.91 Å². The van der Waals surface area contributed by atoms with Crippen molar-refractivity contribution in [1.82, 2.24) is 20.9 Å². The van der Waals surface area contributed by atoms with Gasteiger partial charge in [-0.15, -0.1) is 0 Å². The van der Waals surface area contributed by atoms with Crippen molar-refractivity contribution >= 4 is 56.7 Å². The van der Waals surface area contributed by atoms with Crippen LogP contribution in [0.15, 0.2) is 71.1 Å². The van der Waals surface area contributed by atoms with Gasteiger partial charge in [-0.2, -0.15) is 0 Å². The van der Waals surface area contributed by atoms with Crippen molar-refractivity contribution in [3.63, 3.8) is 0 Å². The number of rotatable bonds is 12. The van der Waals surface area contributed by atoms with E-state index in [0.717, 1.165) is 33.6 Å². The summed E-state index contributed by atoms with van der Waals surface area (Å²) < 4.78 is 0.837. The van der Waals surface area contributed by atoms with Gasteiger partial charge in [-0.3, -0.25) is 14.4 Å². The molecule has 0 aliphatic carbocycles. The van der Waals surface area contributed by atoms with Crippen molar-refractivity contribution in [2.24, 2.45) is 11.7 Å². The van der Waals surface area contributed by atoms with Crippen LogP contribution in [0.2, 0.25) is 0 Å². The fraction of sp³-hybridized carbons (Fsp3) is 0.206. The first-order valence-electron chi connectivity index (χ1n) is 14.8. The summed E-state index contributed by atoms with van der Waals surface area (Å²) in [5.74, 6) is -4.87. The number of halogens is 1. The number of hydrogen-bond acceptors (Lipinski definition) is 9. The van der Waals surface area contributed by atoms with Gasteiger partial charge in [0.1, 0.15) is 11.7 Å². The predicted octanol–water partition coefficient (Wildman–Crippen LogP) is 3.80. The van der Waals surface area contributed by atoms with E-state index in [0.29, 0.717) is 17.5 Å². The summed E-state index contributed by atoms with van der Waals surface area (Å²) >= 11 is 3.43. The first kappa shape index (κ1) is 35.4. The molecule has 0 saturated heterocycles. The third-order valence-electron chi connectivity index (χ3n) is 7.24. The second-order valence-corrected chi connectivity index (χ2v) is 12.4. The molecule has 13 nitrogen and oxygen atoms in total. The summed E-state index contributed by atoms with van der Waals surface area (Å²) in [6.07, 6.45) is 5.99. The minimum atomic E-state index is -1.20. The maximum atomic E-state index is 13.8. The number of phenolic OH excluding ortho intramolecular Hbond substituents is 5. The molecule has 1 aromatic heterocycles. The Hall–Kier alpha value is -5.47. The van der Waals surface area contributed by atoms with E-state index in [1.54, 1.807) is 6.20 Å². The van der Waals surface area contributed by atoms with E-state index in [1.165, 1.54) is 30.5 Å². The molecular weight excluding hydrogens is 686 g/mol. The number of benzene rings is 3. The number of hydrogen-bond donors (Lipinski definition) is 10. The molecule has 0 fully saturated rings. The second kappa shape index (κ2) is 15.4. The van der Waals surface area contributed by atoms with Gasteiger partial charge in [0, 0.05) is 34.2 Å². The van der Waals surface area contributed by atoms with E-state index >= 15 is 0 Å². The molecule has 0 bridgehead atoms. The molecule has 0 saturated carbocycles. The van der Waals surface area contributed by atoms with E-state index in [2.05, 4.69) is 36.9 Å². The summed E-state index contributed by atoms with van der Waals surface area (Å²) in [5.41, 5.74) is 7.72. The Kier molecular flexibility index (Phi) is 11.4. The van der Waals surface area contributed by atoms with E-state index in [9.17, 15) is 39.9 Å². The number of amides is 3. The molecule has 2 unspecified atom stereocenters. The van der Waals surface area contributed by atoms with Crippen LogP contribution in [0.5, 0.6) is 28.7 Å². The molecule has 14 heteroatoms. The number of nitrogens with one attached hydrogen (secondary N) is 4. The van der Waals surface area contributed by atoms with E-state index in [1.807, 2.05) is 32.0 Å². The minimum Gasteiger partial charge on any atom is -0.504 e. The van der Waals surface area contributed by atoms with Crippen LogP contribution in [-0.4, -0.2) is 60.3 Å². The molecule has 1 heterocycles. The fourth-order valence-electron chi connectivity index (χ4n) is 4.83. The zero-order valence-corrected chi connectivity index (χ0v) is 27.6. The summed E-state index contributed by atoms with van der Waals surface area (Å²) in [6.45, 7) is 3.76. The maximum Gasteiger partial charge on any atom is 0.268 e. The Balaban J connectivity index is 1.67. The maximum absolute atomic E-state index is 13.8. The Bertz CT molecular complexity index is 1880. The Morgan fingerprint density at radius 1 is 0.896 bits per heavy atom. The number of carbonyl (C=O) groups excluding carboxylic acids is 3. The molecule has 48 heavy (non-hydrogen) atoms. The van der Waals surface area contributed by atoms with Gasteiger partial charge in [-0.1, -0.05) is 41.9 Å². The number of aromatic nitrogens is 1. The average Bonchev–Trinajstić information content (AvgIpc) is 3.41. The Labute approximate surface area is 283 Å². The second-order valence-electron chi connectivity index (χ2n) is 11.5. The number of aromatic amines is 1. The van der Waals surface area contributed by atoms with Gasteiger partial charge >= 0.3 is 0 Å². The lowest BCUT2D eigenvalue weighted by molar-refractivity contribution is -0.127. The van der Waals surface area contributed by atoms with Crippen molar-refractivity contribution in [2.45, 2.75) is 38.8 Å². The third-order valence-corrected chi connectivity index (χ3v) is 7.74. The first-order chi connectivity index (χ1) is 22.7. The summed E-state index contributed by atoms with van der Waals surface area (Å²) in [5, 5.41) is 57.7. The highest BCUT2D eigenvalue weighted by Crippen LogP contribution is 2.36. The summed E-state index contributed by atoms with van der Waals surface area (Å²) in [7, 11) is 0. The number of aromatic hydroxyl groups is 5. The molecule has 4 aromatic rings. The number of phenols is 5. The zero-order valence-electron chi connectivity index (χ0n) is 26.0. The normalized spacial score (nSPS) is 13.1. The molecule has 2 atom stereocenters. The Morgan fingerprint density at radius 2 is 1.58 bits per heavy atom. The Morgan fingerprint density at radius 3 is 2.25 bits per heavy atom. The molecule has 0 aliphatic heterocycles. The van der Waals surface area contributed by atoms with Gasteiger partial charge in [0.05, 0.1) is 6.04 Å². The molecule has 0 spiro atoms. The number of carbonyl (C=O) groups is 3. The van der Waals surface area contributed by atoms with Crippen LogP contribution in [0, 0.1) is 5.92 Å². The number of fused-ring (bicyclic) bond motifs is 1. The summed E-state index contributed by atoms with van der Waals surface area (Å²) in [6, 6.07) is 9.62. The van der Waals surface area contributed by atoms with Crippen LogP contribution in [-0.2, 0) is 20.8 Å². The van der Waals surface area contributed by atoms with Crippen molar-refractivity contribution in [2.75, 3.05) is 0 Å². The SMILES string of the molecule is CC(C)CC(N)C(=O)N/C(=C\c1cc(O)c(O)c(O)c1)C(=O)NC(Cc1c[nH]c2cc(Br)ccc12)C(=O)N/C=C/c1ccc(O)c(O)c1. The van der Waals surface area contributed by atoms with E-state index < -0.39 is 47.1 Å². The van der Waals surface area contributed by atoms with Crippen molar-refractivity contribution < 1.29 is 39.9 Å². The molecule has 252 valence electrons. The van der Waals surface area contributed by atoms with Crippen LogP contribution < -0.4 is 21.7 Å². The van der Waals surface area contributed by atoms with Crippen molar-refractivity contribution in [3.8, 4) is 28.7 Å². The molecule has 3 amide bonds. The zero-order chi connectivity index (χ0) is 35.1. The van der Waals surface area contributed by atoms with Crippen LogP contribution in [0.4, 0.5) is 0 Å². The van der Waals surface area contributed by atoms with Crippen LogP contribution >= 0.6 is 15.9 Å². The molecule has 3 aromatic carbocycles. The molecule has 11 N–H and O–H groups in total. The average molecular weight is 723 g/mol. The molecule has 0 aliphatic rings. The highest BCUT2D eigenvalue weighted by molar-refractivity contribution is 9.10. The quantitative estimate of drug-likeness (QED) is 0.0756. The molecule has 4 rings (SSSR count). The standard InChI is InChI=1S/C34H36BrN5O8/c1-17(2)9-23(36)32(46)39-25(10-19-12-29(43)31(45)30(44)13-19)34(48)40-26(14-20-16-38-24-15-21(35)4-5-22(20)24)33(47)37-8-7-18-3-6-27(41)28(42)11-18/h3-8,10-13,15-17,23,26,38,41-45H,9,14,36H2,1-2H3,(H,37,47)(H,39,46)(H,40,48)/b8-7+,25-10-. The minimum absolute atomic E-state index is 0.0158. The topological polar surface area (TPSA) is 230 Å². The summed E-state index contributed by atoms with van der Waals surface area (Å²) in [4.78, 5) is 43.5. The van der Waals surface area contributed by atoms with Crippen molar-refractivity contribution in [3.05, 3.63) is 87.8 Å². The number of H-pyrrole nitrogens is 1. The van der Waals surface area contributed by atoms with Gasteiger partial charge in [0.2, 0.25) is 11.8 Å². The van der Waals surface area contributed by atoms with Gasteiger partial charge in [-0.05, 0) is 77.6 Å². The fourth-order valence-corrected chi connectivity index (χ4v) is 5.19. The van der Waals surface area contributed by atoms with E-state index in [-0.39, 0.29) is 35.1 Å². The highest BCUT2D eigenvalue weighted by Gasteiger charge is 2.26. The van der Waals surface area contributed by atoms with E-state index in [4.69, 9.17) is 5.73 Å². The van der Waals surface area contributed by atoms with Crippen LogP contribution in [0.3, 0.4) is 0 Å². The first-order valence-corrected chi connectivity index (χ1v) is 15.6. The third kappa shape index (κ3) is 9.08. The monoisotopic (exact) mass is 721 g/mol. The molecule has 0 radical (unpaired) electrons. The predicted molar refractivity (Wildman–Crippen MR) is 184 cm³/mol. The van der Waals surface area contributed by atoms with Crippen LogP contribution in [0.25, 0.3) is 23.1 Å². The lowest BCUT2D eigenvalue weighted by Crippen LogP contribution is -2.50. The largest absolute Gasteiger partial charge is 0.504 e. The smallest absolute Gasteiger partial charge is 0.268 e. The molecular formula is C34H36BrN5O8. The van der Waals surface area contributed by atoms with Gasteiger partial charge < -0.3 is 52.2 Å². The highest BCUT2D eigenvalue weighted by atomic mass is 79.9. The van der Waals surface area contributed by atoms with Gasteiger partial charge in [0.15, 0.2) is 28.7 Å². The van der Waals surface area contributed by atoms with Gasteiger partial charge in [-0.25, -0.2) is 0 Å². The lowest BCUT2D eigenvalue weighted by atomic mass is 10.0. The van der Waals surface area contributed by atoms with Crippen molar-refractivity contribution in [1.29, 1.82) is 0 Å². The lowest BCUT2D eigenvalue weighted by Gasteiger charge is -2.20. The number of nitrogens with two attached hydrogens (primary N) is 1.